The summed E-state index contributed by atoms with van der Waals surface area (Å²) in [5.74, 6) is 0.767. The molecule has 3 nitrogen and oxygen atoms in total. The summed E-state index contributed by atoms with van der Waals surface area (Å²) >= 11 is 3.44. The second kappa shape index (κ2) is 4.91. The molecule has 0 aliphatic rings. The van der Waals surface area contributed by atoms with Gasteiger partial charge in [0.05, 0.1) is 6.54 Å². The molecule has 0 radical (unpaired) electrons. The summed E-state index contributed by atoms with van der Waals surface area (Å²) in [4.78, 5) is 3.54. The first-order valence-electron chi connectivity index (χ1n) is 5.43. The highest BCUT2D eigenvalue weighted by atomic mass is 79.9. The predicted molar refractivity (Wildman–Crippen MR) is 72.1 cm³/mol. The molecule has 2 rings (SSSR count). The Morgan fingerprint density at radius 2 is 2.24 bits per heavy atom. The number of rotatable bonds is 3. The molecule has 1 atom stereocenters. The first-order chi connectivity index (χ1) is 8.15. The number of nitrogens with zero attached hydrogens (tertiary/aromatic N) is 2. The maximum Gasteiger partial charge on any atom is 0.231 e. The number of fused-ring (bicyclic) bond motifs is 1. The van der Waals surface area contributed by atoms with Gasteiger partial charge < -0.3 is 9.95 Å². The number of halogens is 1. The van der Waals surface area contributed by atoms with Crippen LogP contribution in [0.2, 0.25) is 0 Å². The number of hydrogen-bond acceptors (Lipinski definition) is 1. The molecule has 0 aliphatic carbocycles. The van der Waals surface area contributed by atoms with Crippen LogP contribution in [0.15, 0.2) is 28.7 Å². The number of aliphatic hydroxyl groups is 1. The minimum absolute atomic E-state index is 0.130. The third kappa shape index (κ3) is 2.36. The number of hydrogen-bond donors (Lipinski definition) is 1. The lowest BCUT2D eigenvalue weighted by Crippen LogP contribution is -2.10. The molecule has 0 amide bonds. The molecule has 1 N–H and O–H groups in total. The normalized spacial score (nSPS) is 12.6. The van der Waals surface area contributed by atoms with Crippen LogP contribution in [0.3, 0.4) is 0 Å². The predicted octanol–water partition coefficient (Wildman–Crippen LogP) is 3.58. The smallest absolute Gasteiger partial charge is 0.231 e. The lowest BCUT2D eigenvalue weighted by atomic mass is 10.2. The van der Waals surface area contributed by atoms with Crippen molar-refractivity contribution in [1.29, 1.82) is 0 Å². The Morgan fingerprint density at radius 3 is 2.88 bits per heavy atom. The molecule has 88 valence electrons. The molecule has 0 spiro atoms. The molecule has 0 fully saturated rings. The molecule has 1 unspecified atom stereocenters. The van der Waals surface area contributed by atoms with Gasteiger partial charge in [-0.3, -0.25) is 4.57 Å². The third-order valence-electron chi connectivity index (χ3n) is 2.76. The zero-order valence-corrected chi connectivity index (χ0v) is 11.1. The quantitative estimate of drug-likeness (QED) is 0.861. The van der Waals surface area contributed by atoms with Gasteiger partial charge in [-0.05, 0) is 18.2 Å². The Hall–Kier alpha value is -1.31. The first-order valence-corrected chi connectivity index (χ1v) is 6.22. The molecule has 4 heteroatoms. The van der Waals surface area contributed by atoms with Crippen molar-refractivity contribution in [2.75, 3.05) is 6.61 Å². The van der Waals surface area contributed by atoms with Gasteiger partial charge in [-0.1, -0.05) is 35.5 Å². The van der Waals surface area contributed by atoms with Gasteiger partial charge in [-0.15, -0.1) is 0 Å². The average Bonchev–Trinajstić information content (AvgIpc) is 2.67. The highest BCUT2D eigenvalue weighted by Gasteiger charge is 2.13. The van der Waals surface area contributed by atoms with Crippen molar-refractivity contribution in [3.05, 3.63) is 40.2 Å². The molecule has 0 saturated heterocycles. The fourth-order valence-electron chi connectivity index (χ4n) is 1.87. The van der Waals surface area contributed by atoms with E-state index in [0.29, 0.717) is 12.4 Å². The van der Waals surface area contributed by atoms with Crippen LogP contribution in [0.4, 0.5) is 5.82 Å². The van der Waals surface area contributed by atoms with Crippen molar-refractivity contribution in [2.24, 2.45) is 5.92 Å². The lowest BCUT2D eigenvalue weighted by molar-refractivity contribution is 0.225. The third-order valence-corrected chi connectivity index (χ3v) is 3.26. The Morgan fingerprint density at radius 1 is 1.47 bits per heavy atom. The van der Waals surface area contributed by atoms with E-state index in [1.807, 2.05) is 35.8 Å². The van der Waals surface area contributed by atoms with E-state index in [-0.39, 0.29) is 12.5 Å². The van der Waals surface area contributed by atoms with Gasteiger partial charge in [-0.25, -0.2) is 0 Å². The van der Waals surface area contributed by atoms with Crippen LogP contribution in [0.25, 0.3) is 15.7 Å². The van der Waals surface area contributed by atoms with Gasteiger partial charge >= 0.3 is 0 Å². The fourth-order valence-corrected chi connectivity index (χ4v) is 2.22. The Balaban J connectivity index is 2.57. The summed E-state index contributed by atoms with van der Waals surface area (Å²) in [6.45, 7) is 9.96. The molecule has 2 aromatic rings. The van der Waals surface area contributed by atoms with Gasteiger partial charge in [0.1, 0.15) is 5.52 Å². The Bertz CT molecular complexity index is 583. The number of benzene rings is 1. The van der Waals surface area contributed by atoms with Crippen molar-refractivity contribution < 1.29 is 5.11 Å². The minimum atomic E-state index is 0.130. The molecule has 0 saturated carbocycles. The number of aromatic nitrogens is 1. The SMILES string of the molecule is [C-]#[N+]c1cc2ccc(Br)cc2n1CC(C)CO. The van der Waals surface area contributed by atoms with Crippen LogP contribution in [-0.2, 0) is 6.54 Å². The molecule has 0 aliphatic heterocycles. The highest BCUT2D eigenvalue weighted by molar-refractivity contribution is 9.10. The van der Waals surface area contributed by atoms with Gasteiger partial charge in [-0.2, -0.15) is 0 Å². The van der Waals surface area contributed by atoms with E-state index >= 15 is 0 Å². The van der Waals surface area contributed by atoms with Crippen molar-refractivity contribution >= 4 is 32.7 Å². The van der Waals surface area contributed by atoms with E-state index in [1.165, 1.54) is 0 Å². The van der Waals surface area contributed by atoms with Gasteiger partial charge in [0.2, 0.25) is 5.82 Å². The lowest BCUT2D eigenvalue weighted by Gasteiger charge is -2.09. The Labute approximate surface area is 109 Å². The summed E-state index contributed by atoms with van der Waals surface area (Å²) in [5.41, 5.74) is 1.03. The molecule has 0 bridgehead atoms. The summed E-state index contributed by atoms with van der Waals surface area (Å²) in [5, 5.41) is 10.2. The number of aliphatic hydroxyl groups excluding tert-OH is 1. The van der Waals surface area contributed by atoms with Crippen molar-refractivity contribution in [3.63, 3.8) is 0 Å². The maximum absolute atomic E-state index is 9.12. The average molecular weight is 293 g/mol. The fraction of sp³-hybridized carbons (Fsp3) is 0.308. The van der Waals surface area contributed by atoms with Crippen molar-refractivity contribution in [2.45, 2.75) is 13.5 Å². The molecule has 1 aromatic carbocycles. The van der Waals surface area contributed by atoms with Crippen molar-refractivity contribution in [3.8, 4) is 0 Å². The van der Waals surface area contributed by atoms with Crippen LogP contribution < -0.4 is 0 Å². The molecule has 1 aromatic heterocycles. The highest BCUT2D eigenvalue weighted by Crippen LogP contribution is 2.29. The zero-order chi connectivity index (χ0) is 12.4. The molecule has 1 heterocycles. The minimum Gasteiger partial charge on any atom is -0.396 e. The second-order valence-corrected chi connectivity index (χ2v) is 5.13. The first kappa shape index (κ1) is 12.2. The van der Waals surface area contributed by atoms with Crippen LogP contribution in [-0.4, -0.2) is 16.3 Å². The van der Waals surface area contributed by atoms with E-state index in [0.717, 1.165) is 15.4 Å². The zero-order valence-electron chi connectivity index (χ0n) is 9.52. The van der Waals surface area contributed by atoms with E-state index in [9.17, 15) is 0 Å². The monoisotopic (exact) mass is 292 g/mol. The standard InChI is InChI=1S/C13H13BrN2O/c1-9(8-17)7-16-12-6-11(14)4-3-10(12)5-13(16)15-2/h3-6,9,17H,7-8H2,1H3. The summed E-state index contributed by atoms with van der Waals surface area (Å²) in [6.07, 6.45) is 0. The second-order valence-electron chi connectivity index (χ2n) is 4.22. The molecular formula is C13H13BrN2O. The van der Waals surface area contributed by atoms with E-state index in [2.05, 4.69) is 20.8 Å². The largest absolute Gasteiger partial charge is 0.396 e. The maximum atomic E-state index is 9.12. The van der Waals surface area contributed by atoms with E-state index in [4.69, 9.17) is 11.7 Å². The van der Waals surface area contributed by atoms with Crippen LogP contribution in [0.1, 0.15) is 6.92 Å². The van der Waals surface area contributed by atoms with E-state index < -0.39 is 0 Å². The van der Waals surface area contributed by atoms with Gasteiger partial charge in [0, 0.05) is 22.4 Å². The Kier molecular flexibility index (Phi) is 3.51. The summed E-state index contributed by atoms with van der Waals surface area (Å²) in [6, 6.07) is 7.86. The van der Waals surface area contributed by atoms with Crippen molar-refractivity contribution in [1.82, 2.24) is 4.57 Å². The topological polar surface area (TPSA) is 29.5 Å². The van der Waals surface area contributed by atoms with Gasteiger partial charge in [0.15, 0.2) is 0 Å². The molecule has 17 heavy (non-hydrogen) atoms. The summed E-state index contributed by atoms with van der Waals surface area (Å²) in [7, 11) is 0. The van der Waals surface area contributed by atoms with Crippen LogP contribution >= 0.6 is 15.9 Å². The molecular weight excluding hydrogens is 280 g/mol. The summed E-state index contributed by atoms with van der Waals surface area (Å²) < 4.78 is 2.96. The van der Waals surface area contributed by atoms with E-state index in [1.54, 1.807) is 0 Å². The van der Waals surface area contributed by atoms with Gasteiger partial charge in [0.25, 0.3) is 0 Å². The van der Waals surface area contributed by atoms with Crippen LogP contribution in [0.5, 0.6) is 0 Å². The van der Waals surface area contributed by atoms with Crippen LogP contribution in [0, 0.1) is 12.5 Å².